The van der Waals surface area contributed by atoms with E-state index in [2.05, 4.69) is 10.3 Å². The number of carbonyl (C=O) groups excluding carboxylic acids is 1. The molecule has 31 heavy (non-hydrogen) atoms. The number of nitro benzene ring substituents is 1. The third-order valence-electron chi connectivity index (χ3n) is 4.67. The Hall–Kier alpha value is -3.79. The molecule has 0 radical (unpaired) electrons. The van der Waals surface area contributed by atoms with Gasteiger partial charge in [-0.1, -0.05) is 29.0 Å². The van der Waals surface area contributed by atoms with E-state index in [0.717, 1.165) is 5.56 Å². The van der Waals surface area contributed by atoms with Gasteiger partial charge in [0.1, 0.15) is 17.5 Å². The molecule has 0 aliphatic carbocycles. The molecule has 0 aliphatic heterocycles. The molecule has 0 aliphatic rings. The highest BCUT2D eigenvalue weighted by Crippen LogP contribution is 2.32. The first kappa shape index (κ1) is 21.9. The Labute approximate surface area is 178 Å². The number of carbonyl (C=O) groups is 1. The minimum atomic E-state index is -1.52. The van der Waals surface area contributed by atoms with Gasteiger partial charge in [-0.25, -0.2) is 9.48 Å². The fourth-order valence-corrected chi connectivity index (χ4v) is 3.16. The molecule has 1 aromatic heterocycles. The number of aliphatic hydroxyl groups excluding tert-OH is 1. The fourth-order valence-electron chi connectivity index (χ4n) is 3.16. The Kier molecular flexibility index (Phi) is 6.61. The molecule has 0 fully saturated rings. The van der Waals surface area contributed by atoms with Crippen molar-refractivity contribution in [3.63, 3.8) is 0 Å². The Bertz CT molecular complexity index is 1090. The summed E-state index contributed by atoms with van der Waals surface area (Å²) >= 11 is 0. The van der Waals surface area contributed by atoms with Gasteiger partial charge in [0.05, 0.1) is 30.7 Å². The minimum absolute atomic E-state index is 0.0166. The molecule has 0 saturated carbocycles. The van der Waals surface area contributed by atoms with Crippen molar-refractivity contribution in [1.29, 1.82) is 0 Å². The van der Waals surface area contributed by atoms with Crippen LogP contribution in [0.15, 0.2) is 42.5 Å². The van der Waals surface area contributed by atoms with Crippen LogP contribution >= 0.6 is 0 Å². The van der Waals surface area contributed by atoms with Gasteiger partial charge in [-0.05, 0) is 37.6 Å². The lowest BCUT2D eigenvalue weighted by Crippen LogP contribution is -2.17. The number of rotatable bonds is 8. The third kappa shape index (κ3) is 4.69. The van der Waals surface area contributed by atoms with E-state index in [-0.39, 0.29) is 35.8 Å². The number of aromatic nitrogens is 3. The van der Waals surface area contributed by atoms with Crippen LogP contribution in [0.4, 0.5) is 5.69 Å². The summed E-state index contributed by atoms with van der Waals surface area (Å²) < 4.78 is 11.5. The van der Waals surface area contributed by atoms with Crippen LogP contribution in [0.25, 0.3) is 0 Å². The molecule has 1 atom stereocenters. The fraction of sp³-hybridized carbons (Fsp3) is 0.286. The zero-order valence-electron chi connectivity index (χ0n) is 17.3. The lowest BCUT2D eigenvalue weighted by molar-refractivity contribution is -0.386. The van der Waals surface area contributed by atoms with Crippen LogP contribution in [-0.2, 0) is 11.3 Å². The average molecular weight is 426 g/mol. The summed E-state index contributed by atoms with van der Waals surface area (Å²) in [4.78, 5) is 23.4. The van der Waals surface area contributed by atoms with Crippen molar-refractivity contribution in [2.24, 2.45) is 0 Å². The summed E-state index contributed by atoms with van der Waals surface area (Å²) in [5.74, 6) is -0.0990. The van der Waals surface area contributed by atoms with Gasteiger partial charge in [0.25, 0.3) is 5.69 Å². The van der Waals surface area contributed by atoms with Crippen LogP contribution in [0.2, 0.25) is 0 Å². The van der Waals surface area contributed by atoms with E-state index in [0.29, 0.717) is 11.3 Å². The number of aliphatic hydroxyl groups is 1. The van der Waals surface area contributed by atoms with E-state index in [1.54, 1.807) is 51.3 Å². The molecule has 0 bridgehead atoms. The smallest absolute Gasteiger partial charge is 0.360 e. The Morgan fingerprint density at radius 1 is 1.26 bits per heavy atom. The predicted octanol–water partition coefficient (Wildman–Crippen LogP) is 2.81. The molecule has 3 aromatic rings. The highest BCUT2D eigenvalue weighted by Gasteiger charge is 2.31. The lowest BCUT2D eigenvalue weighted by atomic mass is 10.0. The number of esters is 1. The largest absolute Gasteiger partial charge is 0.497 e. The number of methoxy groups -OCH3 is 1. The second-order valence-corrected chi connectivity index (χ2v) is 6.77. The number of ether oxygens (including phenoxy) is 2. The molecule has 1 unspecified atom stereocenters. The monoisotopic (exact) mass is 426 g/mol. The van der Waals surface area contributed by atoms with E-state index in [1.807, 2.05) is 0 Å². The molecular weight excluding hydrogens is 404 g/mol. The Balaban J connectivity index is 2.09. The molecule has 162 valence electrons. The van der Waals surface area contributed by atoms with Gasteiger partial charge in [-0.2, -0.15) is 0 Å². The highest BCUT2D eigenvalue weighted by molar-refractivity contribution is 5.88. The SMILES string of the molecule is CCOC(=O)c1nnn(Cc2ccc(OC)cc2)c1C(O)c1cc(C)ccc1[N+](=O)[O-]. The number of benzene rings is 2. The molecule has 1 heterocycles. The summed E-state index contributed by atoms with van der Waals surface area (Å²) in [6, 6.07) is 11.5. The molecule has 0 saturated heterocycles. The molecular formula is C21H22N4O6. The van der Waals surface area contributed by atoms with E-state index in [4.69, 9.17) is 9.47 Å². The maximum Gasteiger partial charge on any atom is 0.360 e. The van der Waals surface area contributed by atoms with Crippen molar-refractivity contribution < 1.29 is 24.3 Å². The first-order chi connectivity index (χ1) is 14.8. The second-order valence-electron chi connectivity index (χ2n) is 6.77. The number of hydrogen-bond acceptors (Lipinski definition) is 8. The number of nitrogens with zero attached hydrogens (tertiary/aromatic N) is 4. The maximum atomic E-state index is 12.4. The first-order valence-corrected chi connectivity index (χ1v) is 9.52. The molecule has 3 rings (SSSR count). The number of hydrogen-bond donors (Lipinski definition) is 1. The summed E-state index contributed by atoms with van der Waals surface area (Å²) in [7, 11) is 1.56. The maximum absolute atomic E-state index is 12.4. The van der Waals surface area contributed by atoms with Gasteiger partial charge in [-0.15, -0.1) is 5.10 Å². The summed E-state index contributed by atoms with van der Waals surface area (Å²) in [5, 5.41) is 30.6. The topological polar surface area (TPSA) is 130 Å². The minimum Gasteiger partial charge on any atom is -0.497 e. The van der Waals surface area contributed by atoms with E-state index in [9.17, 15) is 20.0 Å². The summed E-state index contributed by atoms with van der Waals surface area (Å²) in [6.45, 7) is 3.66. The van der Waals surface area contributed by atoms with Crippen molar-refractivity contribution >= 4 is 11.7 Å². The Morgan fingerprint density at radius 3 is 2.58 bits per heavy atom. The zero-order valence-corrected chi connectivity index (χ0v) is 17.3. The molecule has 10 nitrogen and oxygen atoms in total. The van der Waals surface area contributed by atoms with Crippen molar-refractivity contribution in [3.05, 3.63) is 80.7 Å². The van der Waals surface area contributed by atoms with E-state index >= 15 is 0 Å². The third-order valence-corrected chi connectivity index (χ3v) is 4.67. The van der Waals surface area contributed by atoms with Crippen LogP contribution in [-0.4, -0.2) is 44.7 Å². The summed E-state index contributed by atoms with van der Waals surface area (Å²) in [5.41, 5.74) is 1.10. The molecule has 0 spiro atoms. The molecule has 1 N–H and O–H groups in total. The van der Waals surface area contributed by atoms with E-state index in [1.165, 1.54) is 16.8 Å². The van der Waals surface area contributed by atoms with Gasteiger partial charge < -0.3 is 14.6 Å². The van der Waals surface area contributed by atoms with Crippen LogP contribution in [0.5, 0.6) is 5.75 Å². The molecule has 0 amide bonds. The lowest BCUT2D eigenvalue weighted by Gasteiger charge is -2.15. The second kappa shape index (κ2) is 9.35. The quantitative estimate of drug-likeness (QED) is 0.331. The van der Waals surface area contributed by atoms with Crippen molar-refractivity contribution in [1.82, 2.24) is 15.0 Å². The normalized spacial score (nSPS) is 11.7. The molecule has 2 aromatic carbocycles. The van der Waals surface area contributed by atoms with Crippen LogP contribution < -0.4 is 4.74 Å². The Morgan fingerprint density at radius 2 is 1.97 bits per heavy atom. The van der Waals surface area contributed by atoms with Gasteiger partial charge in [0.2, 0.25) is 0 Å². The van der Waals surface area contributed by atoms with Crippen molar-refractivity contribution in [2.45, 2.75) is 26.5 Å². The van der Waals surface area contributed by atoms with Gasteiger partial charge >= 0.3 is 5.97 Å². The van der Waals surface area contributed by atoms with Crippen LogP contribution in [0.3, 0.4) is 0 Å². The van der Waals surface area contributed by atoms with Gasteiger partial charge in [0.15, 0.2) is 5.69 Å². The summed E-state index contributed by atoms with van der Waals surface area (Å²) in [6.07, 6.45) is -1.52. The van der Waals surface area contributed by atoms with E-state index < -0.39 is 17.0 Å². The van der Waals surface area contributed by atoms with Crippen molar-refractivity contribution in [2.75, 3.05) is 13.7 Å². The van der Waals surface area contributed by atoms with Gasteiger partial charge in [0, 0.05) is 6.07 Å². The first-order valence-electron chi connectivity index (χ1n) is 9.52. The van der Waals surface area contributed by atoms with Crippen LogP contribution in [0, 0.1) is 17.0 Å². The predicted molar refractivity (Wildman–Crippen MR) is 110 cm³/mol. The van der Waals surface area contributed by atoms with Gasteiger partial charge in [-0.3, -0.25) is 10.1 Å². The van der Waals surface area contributed by atoms with Crippen molar-refractivity contribution in [3.8, 4) is 5.75 Å². The number of nitro groups is 1. The zero-order chi connectivity index (χ0) is 22.5. The van der Waals surface area contributed by atoms with Crippen LogP contribution in [0.1, 0.15) is 45.9 Å². The average Bonchev–Trinajstić information content (AvgIpc) is 3.17. The number of aryl methyl sites for hydroxylation is 1. The molecule has 10 heteroatoms. The standard InChI is InChI=1S/C21H22N4O6/c1-4-31-21(27)18-19(20(26)16-11-13(2)5-10-17(16)25(28)29)24(23-22-18)12-14-6-8-15(30-3)9-7-14/h5-11,20,26H,4,12H2,1-3H3. The highest BCUT2D eigenvalue weighted by atomic mass is 16.6.